The van der Waals surface area contributed by atoms with Crippen molar-refractivity contribution in [1.82, 2.24) is 4.90 Å². The number of hydrogen-bond donors (Lipinski definition) is 1. The summed E-state index contributed by atoms with van der Waals surface area (Å²) >= 11 is 6.09. The molecule has 0 aliphatic heterocycles. The molecule has 0 heterocycles. The van der Waals surface area contributed by atoms with Gasteiger partial charge in [-0.3, -0.25) is 9.59 Å². The second-order valence-corrected chi connectivity index (χ2v) is 7.00. The monoisotopic (exact) mass is 392 g/mol. The number of rotatable bonds is 5. The number of nitrogens with zero attached hydrogens (tertiary/aromatic N) is 1. The summed E-state index contributed by atoms with van der Waals surface area (Å²) in [6.45, 7) is 2.37. The van der Waals surface area contributed by atoms with Gasteiger partial charge in [0.1, 0.15) is 0 Å². The first kappa shape index (κ1) is 19.6. The highest BCUT2D eigenvalue weighted by Crippen LogP contribution is 2.23. The fraction of sp³-hybridized carbons (Fsp3) is 0.130. The summed E-state index contributed by atoms with van der Waals surface area (Å²) in [5.74, 6) is -0.344. The third kappa shape index (κ3) is 4.59. The Bertz CT molecular complexity index is 985. The van der Waals surface area contributed by atoms with E-state index in [4.69, 9.17) is 11.6 Å². The van der Waals surface area contributed by atoms with Gasteiger partial charge in [0.15, 0.2) is 0 Å². The van der Waals surface area contributed by atoms with E-state index in [0.717, 1.165) is 11.1 Å². The molecule has 0 bridgehead atoms. The predicted molar refractivity (Wildman–Crippen MR) is 113 cm³/mol. The van der Waals surface area contributed by atoms with Gasteiger partial charge in [0.2, 0.25) is 0 Å². The Kier molecular flexibility index (Phi) is 6.12. The van der Waals surface area contributed by atoms with Gasteiger partial charge in [-0.2, -0.15) is 0 Å². The van der Waals surface area contributed by atoms with Crippen LogP contribution in [0, 0.1) is 6.92 Å². The first-order valence-electron chi connectivity index (χ1n) is 8.91. The molecule has 0 fully saturated rings. The average molecular weight is 393 g/mol. The highest BCUT2D eigenvalue weighted by Gasteiger charge is 2.14. The maximum Gasteiger partial charge on any atom is 0.255 e. The number of anilines is 1. The number of amides is 2. The quantitative estimate of drug-likeness (QED) is 0.650. The number of hydrogen-bond acceptors (Lipinski definition) is 2. The highest BCUT2D eigenvalue weighted by molar-refractivity contribution is 6.31. The smallest absolute Gasteiger partial charge is 0.255 e. The fourth-order valence-electron chi connectivity index (χ4n) is 2.85. The lowest BCUT2D eigenvalue weighted by Crippen LogP contribution is -2.26. The molecule has 3 aromatic rings. The molecule has 5 heteroatoms. The number of carbonyl (C=O) groups excluding carboxylic acids is 2. The molecule has 3 rings (SSSR count). The summed E-state index contributed by atoms with van der Waals surface area (Å²) in [4.78, 5) is 26.8. The van der Waals surface area contributed by atoms with Crippen LogP contribution in [0.4, 0.5) is 5.69 Å². The van der Waals surface area contributed by atoms with E-state index in [1.165, 1.54) is 0 Å². The molecule has 0 saturated heterocycles. The summed E-state index contributed by atoms with van der Waals surface area (Å²) < 4.78 is 0. The van der Waals surface area contributed by atoms with Crippen molar-refractivity contribution in [1.29, 1.82) is 0 Å². The maximum absolute atomic E-state index is 12.6. The molecule has 2 amide bonds. The van der Waals surface area contributed by atoms with E-state index in [0.29, 0.717) is 28.4 Å². The van der Waals surface area contributed by atoms with Crippen LogP contribution < -0.4 is 5.32 Å². The van der Waals surface area contributed by atoms with Crippen molar-refractivity contribution in [3.05, 3.63) is 100 Å². The normalized spacial score (nSPS) is 10.4. The summed E-state index contributed by atoms with van der Waals surface area (Å²) in [5, 5.41) is 3.45. The maximum atomic E-state index is 12.6. The van der Waals surface area contributed by atoms with Gasteiger partial charge in [-0.1, -0.05) is 48.0 Å². The lowest BCUT2D eigenvalue weighted by molar-refractivity contribution is 0.0784. The van der Waals surface area contributed by atoms with E-state index in [-0.39, 0.29) is 11.8 Å². The lowest BCUT2D eigenvalue weighted by Gasteiger charge is -2.17. The van der Waals surface area contributed by atoms with Crippen LogP contribution in [0.25, 0.3) is 0 Å². The summed E-state index contributed by atoms with van der Waals surface area (Å²) in [5.41, 5.74) is 3.55. The van der Waals surface area contributed by atoms with Crippen LogP contribution in [0.1, 0.15) is 31.8 Å². The van der Waals surface area contributed by atoms with E-state index in [1.807, 2.05) is 37.3 Å². The Hall–Kier alpha value is -3.11. The summed E-state index contributed by atoms with van der Waals surface area (Å²) in [6, 6.07) is 21.8. The minimum atomic E-state index is -0.248. The molecular weight excluding hydrogens is 372 g/mol. The Morgan fingerprint density at radius 3 is 2.21 bits per heavy atom. The van der Waals surface area contributed by atoms with Crippen molar-refractivity contribution in [3.63, 3.8) is 0 Å². The van der Waals surface area contributed by atoms with Crippen LogP contribution in [0.3, 0.4) is 0 Å². The van der Waals surface area contributed by atoms with Crippen molar-refractivity contribution in [2.75, 3.05) is 12.4 Å². The van der Waals surface area contributed by atoms with Crippen LogP contribution in [0.2, 0.25) is 5.02 Å². The second-order valence-electron chi connectivity index (χ2n) is 6.59. The average Bonchev–Trinajstić information content (AvgIpc) is 2.71. The largest absolute Gasteiger partial charge is 0.337 e. The van der Waals surface area contributed by atoms with Crippen LogP contribution in [0.5, 0.6) is 0 Å². The number of halogens is 1. The van der Waals surface area contributed by atoms with Crippen LogP contribution in [0.15, 0.2) is 72.8 Å². The van der Waals surface area contributed by atoms with E-state index >= 15 is 0 Å². The topological polar surface area (TPSA) is 49.4 Å². The molecule has 0 atom stereocenters. The molecule has 0 aliphatic rings. The molecule has 3 aromatic carbocycles. The van der Waals surface area contributed by atoms with Crippen LogP contribution in [-0.4, -0.2) is 23.8 Å². The van der Waals surface area contributed by atoms with Gasteiger partial charge in [-0.15, -0.1) is 0 Å². The second kappa shape index (κ2) is 8.72. The van der Waals surface area contributed by atoms with Crippen molar-refractivity contribution in [2.24, 2.45) is 0 Å². The van der Waals surface area contributed by atoms with Gasteiger partial charge in [0.25, 0.3) is 11.8 Å². The summed E-state index contributed by atoms with van der Waals surface area (Å²) in [6.07, 6.45) is 0. The molecule has 0 aromatic heterocycles. The van der Waals surface area contributed by atoms with E-state index < -0.39 is 0 Å². The van der Waals surface area contributed by atoms with E-state index in [9.17, 15) is 9.59 Å². The third-order valence-corrected chi connectivity index (χ3v) is 4.93. The molecule has 0 unspecified atom stereocenters. The standard InChI is InChI=1S/C23H21ClN2O2/c1-16-20(24)9-6-10-21(16)25-22(27)18-11-13-19(14-12-18)23(28)26(2)15-17-7-4-3-5-8-17/h3-14H,15H2,1-2H3,(H,25,27). The fourth-order valence-corrected chi connectivity index (χ4v) is 3.03. The molecule has 0 radical (unpaired) electrons. The molecular formula is C23H21ClN2O2. The van der Waals surface area contributed by atoms with Crippen molar-refractivity contribution in [2.45, 2.75) is 13.5 Å². The zero-order chi connectivity index (χ0) is 20.1. The van der Waals surface area contributed by atoms with E-state index in [1.54, 1.807) is 54.4 Å². The van der Waals surface area contributed by atoms with Crippen LogP contribution >= 0.6 is 11.6 Å². The van der Waals surface area contributed by atoms with Gasteiger partial charge in [0.05, 0.1) is 0 Å². The van der Waals surface area contributed by atoms with Crippen molar-refractivity contribution in [3.8, 4) is 0 Å². The third-order valence-electron chi connectivity index (χ3n) is 4.52. The van der Waals surface area contributed by atoms with Gasteiger partial charge < -0.3 is 10.2 Å². The Morgan fingerprint density at radius 1 is 0.893 bits per heavy atom. The Balaban J connectivity index is 1.67. The van der Waals surface area contributed by atoms with Gasteiger partial charge in [-0.05, 0) is 54.4 Å². The minimum Gasteiger partial charge on any atom is -0.337 e. The SMILES string of the molecule is Cc1c(Cl)cccc1NC(=O)c1ccc(C(=O)N(C)Cc2ccccc2)cc1. The van der Waals surface area contributed by atoms with Gasteiger partial charge in [0, 0.05) is 35.4 Å². The number of carbonyl (C=O) groups is 2. The number of nitrogens with one attached hydrogen (secondary N) is 1. The van der Waals surface area contributed by atoms with Crippen molar-refractivity contribution >= 4 is 29.1 Å². The van der Waals surface area contributed by atoms with Gasteiger partial charge >= 0.3 is 0 Å². The highest BCUT2D eigenvalue weighted by atomic mass is 35.5. The van der Waals surface area contributed by atoms with Gasteiger partial charge in [-0.25, -0.2) is 0 Å². The van der Waals surface area contributed by atoms with Crippen LogP contribution in [-0.2, 0) is 6.54 Å². The molecule has 4 nitrogen and oxygen atoms in total. The molecule has 28 heavy (non-hydrogen) atoms. The zero-order valence-electron chi connectivity index (χ0n) is 15.8. The van der Waals surface area contributed by atoms with E-state index in [2.05, 4.69) is 5.32 Å². The predicted octanol–water partition coefficient (Wildman–Crippen LogP) is 5.17. The molecule has 0 aliphatic carbocycles. The Morgan fingerprint density at radius 2 is 1.54 bits per heavy atom. The molecule has 0 spiro atoms. The lowest BCUT2D eigenvalue weighted by atomic mass is 10.1. The molecule has 0 saturated carbocycles. The first-order valence-corrected chi connectivity index (χ1v) is 9.29. The minimum absolute atomic E-state index is 0.0958. The molecule has 142 valence electrons. The Labute approximate surface area is 169 Å². The molecule has 1 N–H and O–H groups in total. The number of benzene rings is 3. The van der Waals surface area contributed by atoms with Crippen molar-refractivity contribution < 1.29 is 9.59 Å². The first-order chi connectivity index (χ1) is 13.5. The summed E-state index contributed by atoms with van der Waals surface area (Å²) in [7, 11) is 1.76. The zero-order valence-corrected chi connectivity index (χ0v) is 16.5.